The number of fused-ring (bicyclic) bond motifs is 6. The van der Waals surface area contributed by atoms with Crippen LogP contribution in [0.5, 0.6) is 5.75 Å². The van der Waals surface area contributed by atoms with Gasteiger partial charge in [0.05, 0.1) is 22.9 Å². The fourth-order valence-electron chi connectivity index (χ4n) is 3.22. The van der Waals surface area contributed by atoms with Gasteiger partial charge < -0.3 is 4.74 Å². The van der Waals surface area contributed by atoms with Gasteiger partial charge in [0.25, 0.3) is 0 Å². The van der Waals surface area contributed by atoms with E-state index in [0.717, 1.165) is 44.4 Å². The van der Waals surface area contributed by atoms with E-state index in [-0.39, 0.29) is 0 Å². The van der Waals surface area contributed by atoms with Crippen molar-refractivity contribution in [1.82, 2.24) is 14.8 Å². The van der Waals surface area contributed by atoms with E-state index in [1.807, 2.05) is 36.1 Å². The normalized spacial score (nSPS) is 13.0. The number of aromatic nitrogens is 3. The summed E-state index contributed by atoms with van der Waals surface area (Å²) < 4.78 is 7.70. The molecule has 0 radical (unpaired) electrons. The molecule has 0 saturated carbocycles. The minimum absolute atomic E-state index is 0.511. The van der Waals surface area contributed by atoms with Crippen LogP contribution in [0.2, 0.25) is 5.02 Å². The fraction of sp³-hybridized carbons (Fsp3) is 0.111. The van der Waals surface area contributed by atoms with Gasteiger partial charge >= 0.3 is 0 Å². The smallest absolute Gasteiger partial charge is 0.130 e. The zero-order valence-corrected chi connectivity index (χ0v) is 13.1. The van der Waals surface area contributed by atoms with Crippen LogP contribution in [0.25, 0.3) is 33.1 Å². The number of benzene rings is 2. The Bertz CT molecular complexity index is 1100. The molecule has 0 unspecified atom stereocenters. The van der Waals surface area contributed by atoms with Gasteiger partial charge in [-0.3, -0.25) is 4.68 Å². The molecule has 2 aromatic heterocycles. The van der Waals surface area contributed by atoms with Gasteiger partial charge in [-0.25, -0.2) is 4.98 Å². The second-order valence-electron chi connectivity index (χ2n) is 5.76. The number of pyridine rings is 1. The van der Waals surface area contributed by atoms with Crippen LogP contribution in [-0.4, -0.2) is 14.8 Å². The third-order valence-electron chi connectivity index (χ3n) is 4.37. The van der Waals surface area contributed by atoms with Crippen molar-refractivity contribution in [1.29, 1.82) is 0 Å². The number of hydrogen-bond donors (Lipinski definition) is 0. The van der Waals surface area contributed by atoms with Gasteiger partial charge in [0.1, 0.15) is 12.4 Å². The maximum Gasteiger partial charge on any atom is 0.130 e. The summed E-state index contributed by atoms with van der Waals surface area (Å²) in [5.41, 5.74) is 5.09. The summed E-state index contributed by atoms with van der Waals surface area (Å²) in [5.74, 6) is 0.787. The van der Waals surface area contributed by atoms with Gasteiger partial charge in [-0.1, -0.05) is 17.7 Å². The molecule has 23 heavy (non-hydrogen) atoms. The average Bonchev–Trinajstić information content (AvgIpc) is 2.94. The number of rotatable bonds is 0. The van der Waals surface area contributed by atoms with Crippen molar-refractivity contribution in [3.05, 3.63) is 53.2 Å². The Hall–Kier alpha value is -2.59. The van der Waals surface area contributed by atoms with Crippen LogP contribution >= 0.6 is 11.6 Å². The molecule has 0 aliphatic carbocycles. The molecule has 4 aromatic rings. The molecule has 0 bridgehead atoms. The monoisotopic (exact) mass is 321 g/mol. The molecule has 2 aromatic carbocycles. The Kier molecular flexibility index (Phi) is 2.50. The summed E-state index contributed by atoms with van der Waals surface area (Å²) >= 11 is 6.07. The Morgan fingerprint density at radius 3 is 3.00 bits per heavy atom. The molecule has 3 heterocycles. The molecule has 5 rings (SSSR count). The maximum atomic E-state index is 6.07. The van der Waals surface area contributed by atoms with Crippen LogP contribution < -0.4 is 4.74 Å². The lowest BCUT2D eigenvalue weighted by molar-refractivity contribution is 0.302. The highest BCUT2D eigenvalue weighted by Crippen LogP contribution is 2.39. The van der Waals surface area contributed by atoms with Gasteiger partial charge in [-0.15, -0.1) is 0 Å². The Morgan fingerprint density at radius 1 is 1.17 bits per heavy atom. The van der Waals surface area contributed by atoms with E-state index in [1.54, 1.807) is 0 Å². The van der Waals surface area contributed by atoms with E-state index in [2.05, 4.69) is 23.3 Å². The van der Waals surface area contributed by atoms with Gasteiger partial charge in [0.2, 0.25) is 0 Å². The first kappa shape index (κ1) is 12.9. The summed E-state index contributed by atoms with van der Waals surface area (Å²) in [6, 6.07) is 12.0. The number of aryl methyl sites for hydroxylation is 1. The largest absolute Gasteiger partial charge is 0.488 e. The second kappa shape index (κ2) is 4.46. The van der Waals surface area contributed by atoms with Crippen LogP contribution in [0.1, 0.15) is 5.56 Å². The SMILES string of the molecule is Cn1ncc2c3nc4c(cc3ccc21)COc1cc(Cl)ccc1-4. The van der Waals surface area contributed by atoms with E-state index < -0.39 is 0 Å². The fourth-order valence-corrected chi connectivity index (χ4v) is 3.38. The Balaban J connectivity index is 1.87. The standard InChI is InChI=1S/C18H12ClN3O/c1-22-15-5-2-10-6-11-9-23-16-7-12(19)3-4-13(16)18(11)21-17(10)14(15)8-20-22/h2-8H,9H2,1H3. The van der Waals surface area contributed by atoms with Gasteiger partial charge in [0.15, 0.2) is 0 Å². The molecule has 0 atom stereocenters. The van der Waals surface area contributed by atoms with Gasteiger partial charge in [-0.2, -0.15) is 5.10 Å². The predicted octanol–water partition coefficient (Wildman–Crippen LogP) is 4.33. The van der Waals surface area contributed by atoms with Crippen LogP contribution in [0.3, 0.4) is 0 Å². The topological polar surface area (TPSA) is 39.9 Å². The lowest BCUT2D eigenvalue weighted by atomic mass is 10.00. The summed E-state index contributed by atoms with van der Waals surface area (Å²) in [7, 11) is 1.94. The van der Waals surface area contributed by atoms with Crippen molar-refractivity contribution in [3.63, 3.8) is 0 Å². The molecule has 0 amide bonds. The Labute approximate surface area is 137 Å². The lowest BCUT2D eigenvalue weighted by Crippen LogP contribution is -2.07. The minimum atomic E-state index is 0.511. The highest BCUT2D eigenvalue weighted by Gasteiger charge is 2.20. The van der Waals surface area contributed by atoms with Crippen molar-refractivity contribution in [2.24, 2.45) is 7.05 Å². The van der Waals surface area contributed by atoms with Crippen LogP contribution in [0.15, 0.2) is 42.6 Å². The molecule has 4 nitrogen and oxygen atoms in total. The zero-order valence-electron chi connectivity index (χ0n) is 12.4. The third kappa shape index (κ3) is 1.79. The van der Waals surface area contributed by atoms with Crippen LogP contribution in [0.4, 0.5) is 0 Å². The van der Waals surface area contributed by atoms with Crippen LogP contribution in [-0.2, 0) is 13.7 Å². The molecule has 112 valence electrons. The molecule has 5 heteroatoms. The van der Waals surface area contributed by atoms with E-state index in [9.17, 15) is 0 Å². The highest BCUT2D eigenvalue weighted by atomic mass is 35.5. The van der Waals surface area contributed by atoms with Crippen LogP contribution in [0, 0.1) is 0 Å². The summed E-state index contributed by atoms with van der Waals surface area (Å²) in [5, 5.41) is 7.18. The average molecular weight is 322 g/mol. The van der Waals surface area contributed by atoms with Crippen molar-refractivity contribution < 1.29 is 4.74 Å². The van der Waals surface area contributed by atoms with Gasteiger partial charge in [-0.05, 0) is 30.3 Å². The van der Waals surface area contributed by atoms with E-state index in [4.69, 9.17) is 21.3 Å². The van der Waals surface area contributed by atoms with E-state index in [1.165, 1.54) is 0 Å². The quantitative estimate of drug-likeness (QED) is 0.484. The zero-order chi connectivity index (χ0) is 15.6. The summed E-state index contributed by atoms with van der Waals surface area (Å²) in [4.78, 5) is 4.95. The first-order valence-electron chi connectivity index (χ1n) is 7.38. The number of nitrogens with zero attached hydrogens (tertiary/aromatic N) is 3. The minimum Gasteiger partial charge on any atom is -0.488 e. The van der Waals surface area contributed by atoms with Crippen molar-refractivity contribution >= 4 is 33.4 Å². The maximum absolute atomic E-state index is 6.07. The number of hydrogen-bond acceptors (Lipinski definition) is 3. The number of ether oxygens (including phenoxy) is 1. The summed E-state index contributed by atoms with van der Waals surface area (Å²) in [6.45, 7) is 0.511. The second-order valence-corrected chi connectivity index (χ2v) is 6.20. The molecule has 0 fully saturated rings. The molecule has 1 aliphatic heterocycles. The third-order valence-corrected chi connectivity index (χ3v) is 4.61. The first-order chi connectivity index (χ1) is 11.2. The Morgan fingerprint density at radius 2 is 2.09 bits per heavy atom. The molecule has 1 aliphatic rings. The van der Waals surface area contributed by atoms with E-state index in [0.29, 0.717) is 11.6 Å². The highest BCUT2D eigenvalue weighted by molar-refractivity contribution is 6.30. The molecular formula is C18H12ClN3O. The number of halogens is 1. The van der Waals surface area contributed by atoms with Gasteiger partial charge in [0, 0.05) is 34.0 Å². The molecule has 0 N–H and O–H groups in total. The molecule has 0 saturated heterocycles. The van der Waals surface area contributed by atoms with E-state index >= 15 is 0 Å². The summed E-state index contributed by atoms with van der Waals surface area (Å²) in [6.07, 6.45) is 1.87. The van der Waals surface area contributed by atoms with Crippen molar-refractivity contribution in [2.75, 3.05) is 0 Å². The molecular weight excluding hydrogens is 310 g/mol. The lowest BCUT2D eigenvalue weighted by Gasteiger charge is -2.20. The molecule has 0 spiro atoms. The van der Waals surface area contributed by atoms with Crippen molar-refractivity contribution in [3.8, 4) is 17.0 Å². The predicted molar refractivity (Wildman–Crippen MR) is 90.8 cm³/mol. The first-order valence-corrected chi connectivity index (χ1v) is 7.75. The van der Waals surface area contributed by atoms with Crippen molar-refractivity contribution in [2.45, 2.75) is 6.61 Å².